The molecule has 4 unspecified atom stereocenters. The first-order valence-electron chi connectivity index (χ1n) is 12.0. The van der Waals surface area contributed by atoms with Gasteiger partial charge in [-0.25, -0.2) is 0 Å². The Morgan fingerprint density at radius 3 is 1.00 bits per heavy atom. The molecular formula is C24H52O6. The Morgan fingerprint density at radius 2 is 0.700 bits per heavy atom. The highest BCUT2D eigenvalue weighted by atomic mass is 16.6. The smallest absolute Gasteiger partial charge is 0.0781 e. The van der Waals surface area contributed by atoms with E-state index in [1.807, 2.05) is 27.7 Å². The third-order valence-corrected chi connectivity index (χ3v) is 3.85. The van der Waals surface area contributed by atoms with Crippen LogP contribution in [0.5, 0.6) is 0 Å². The fourth-order valence-corrected chi connectivity index (χ4v) is 2.22. The summed E-state index contributed by atoms with van der Waals surface area (Å²) >= 11 is 0. The molecule has 6 nitrogen and oxygen atoms in total. The monoisotopic (exact) mass is 436 g/mol. The van der Waals surface area contributed by atoms with E-state index in [1.54, 1.807) is 0 Å². The quantitative estimate of drug-likeness (QED) is 0.242. The van der Waals surface area contributed by atoms with Gasteiger partial charge in [-0.3, -0.25) is 0 Å². The second kappa shape index (κ2) is 25.0. The van der Waals surface area contributed by atoms with Crippen molar-refractivity contribution in [1.82, 2.24) is 0 Å². The van der Waals surface area contributed by atoms with E-state index in [0.717, 1.165) is 52.1 Å². The highest BCUT2D eigenvalue weighted by molar-refractivity contribution is 4.53. The third kappa shape index (κ3) is 25.8. The molecule has 0 aliphatic carbocycles. The van der Waals surface area contributed by atoms with E-state index in [9.17, 15) is 0 Å². The van der Waals surface area contributed by atoms with Crippen LogP contribution in [0.25, 0.3) is 0 Å². The van der Waals surface area contributed by atoms with Crippen LogP contribution in [0.4, 0.5) is 0 Å². The Hall–Kier alpha value is -0.240. The standard InChI is InChI=1S/2C12H26O3/c2*1-5-7-13-9-11(3)15-10-12(4)14-8-6-2/h2*11-12H,5-10H2,1-4H3. The van der Waals surface area contributed by atoms with Crippen LogP contribution in [0, 0.1) is 0 Å². The lowest BCUT2D eigenvalue weighted by Gasteiger charge is -2.17. The predicted octanol–water partition coefficient (Wildman–Crippen LogP) is 5.27. The molecule has 0 aromatic rings. The summed E-state index contributed by atoms with van der Waals surface area (Å²) in [5, 5.41) is 0. The van der Waals surface area contributed by atoms with Gasteiger partial charge in [-0.15, -0.1) is 0 Å². The van der Waals surface area contributed by atoms with E-state index < -0.39 is 0 Å². The van der Waals surface area contributed by atoms with Crippen molar-refractivity contribution in [3.8, 4) is 0 Å². The van der Waals surface area contributed by atoms with Crippen LogP contribution >= 0.6 is 0 Å². The maximum Gasteiger partial charge on any atom is 0.0781 e. The lowest BCUT2D eigenvalue weighted by molar-refractivity contribution is -0.0567. The van der Waals surface area contributed by atoms with E-state index in [0.29, 0.717) is 26.4 Å². The predicted molar refractivity (Wildman–Crippen MR) is 124 cm³/mol. The van der Waals surface area contributed by atoms with Crippen LogP contribution < -0.4 is 0 Å². The molecule has 0 rings (SSSR count). The van der Waals surface area contributed by atoms with Crippen molar-refractivity contribution in [2.75, 3.05) is 52.9 Å². The molecule has 0 N–H and O–H groups in total. The van der Waals surface area contributed by atoms with Gasteiger partial charge in [-0.2, -0.15) is 0 Å². The largest absolute Gasteiger partial charge is 0.379 e. The molecule has 184 valence electrons. The van der Waals surface area contributed by atoms with Crippen LogP contribution in [0.15, 0.2) is 0 Å². The molecule has 0 spiro atoms. The lowest BCUT2D eigenvalue weighted by Crippen LogP contribution is -2.23. The Morgan fingerprint density at radius 1 is 0.400 bits per heavy atom. The summed E-state index contributed by atoms with van der Waals surface area (Å²) in [6.45, 7) is 22.5. The molecule has 0 saturated heterocycles. The number of rotatable bonds is 20. The maximum absolute atomic E-state index is 5.60. The maximum atomic E-state index is 5.60. The van der Waals surface area contributed by atoms with Crippen LogP contribution in [0.2, 0.25) is 0 Å². The van der Waals surface area contributed by atoms with Crippen LogP contribution in [-0.4, -0.2) is 77.3 Å². The SMILES string of the molecule is CCCOCC(C)OCC(C)OCCC.CCCOCC(C)OCC(C)OCCC. The molecule has 0 aliphatic heterocycles. The van der Waals surface area contributed by atoms with Crippen molar-refractivity contribution >= 4 is 0 Å². The minimum absolute atomic E-state index is 0.157. The molecule has 30 heavy (non-hydrogen) atoms. The Balaban J connectivity index is 0. The average Bonchev–Trinajstić information content (AvgIpc) is 2.74. The molecule has 0 radical (unpaired) electrons. The van der Waals surface area contributed by atoms with Crippen molar-refractivity contribution < 1.29 is 28.4 Å². The summed E-state index contributed by atoms with van der Waals surface area (Å²) in [7, 11) is 0. The molecule has 0 aromatic heterocycles. The molecule has 0 amide bonds. The van der Waals surface area contributed by atoms with Crippen LogP contribution in [-0.2, 0) is 28.4 Å². The molecule has 6 heteroatoms. The molecule has 0 aromatic carbocycles. The molecule has 0 aliphatic rings. The van der Waals surface area contributed by atoms with E-state index in [-0.39, 0.29) is 24.4 Å². The molecule has 4 atom stereocenters. The highest BCUT2D eigenvalue weighted by Gasteiger charge is 2.07. The molecular weight excluding hydrogens is 384 g/mol. The first-order chi connectivity index (χ1) is 14.4. The van der Waals surface area contributed by atoms with Gasteiger partial charge in [0.15, 0.2) is 0 Å². The summed E-state index contributed by atoms with van der Waals surface area (Å²) in [5.41, 5.74) is 0. The van der Waals surface area contributed by atoms with Crippen LogP contribution in [0.3, 0.4) is 0 Å². The summed E-state index contributed by atoms with van der Waals surface area (Å²) < 4.78 is 33.0. The van der Waals surface area contributed by atoms with Gasteiger partial charge in [-0.05, 0) is 53.4 Å². The van der Waals surface area contributed by atoms with Crippen molar-refractivity contribution in [2.24, 2.45) is 0 Å². The zero-order valence-corrected chi connectivity index (χ0v) is 21.2. The van der Waals surface area contributed by atoms with Crippen molar-refractivity contribution in [3.05, 3.63) is 0 Å². The highest BCUT2D eigenvalue weighted by Crippen LogP contribution is 2.00. The molecule has 0 heterocycles. The van der Waals surface area contributed by atoms with Crippen molar-refractivity contribution in [1.29, 1.82) is 0 Å². The first kappa shape index (κ1) is 31.9. The topological polar surface area (TPSA) is 55.4 Å². The van der Waals surface area contributed by atoms with Gasteiger partial charge < -0.3 is 28.4 Å². The second-order valence-electron chi connectivity index (χ2n) is 7.80. The Kier molecular flexibility index (Phi) is 26.6. The summed E-state index contributed by atoms with van der Waals surface area (Å²) in [4.78, 5) is 0. The minimum Gasteiger partial charge on any atom is -0.379 e. The van der Waals surface area contributed by atoms with Crippen LogP contribution in [0.1, 0.15) is 81.1 Å². The van der Waals surface area contributed by atoms with E-state index in [4.69, 9.17) is 28.4 Å². The fourth-order valence-electron chi connectivity index (χ4n) is 2.22. The zero-order chi connectivity index (χ0) is 23.0. The van der Waals surface area contributed by atoms with Gasteiger partial charge in [0.25, 0.3) is 0 Å². The van der Waals surface area contributed by atoms with E-state index >= 15 is 0 Å². The van der Waals surface area contributed by atoms with Gasteiger partial charge in [0.05, 0.1) is 50.8 Å². The van der Waals surface area contributed by atoms with Crippen molar-refractivity contribution in [3.63, 3.8) is 0 Å². The van der Waals surface area contributed by atoms with Gasteiger partial charge in [-0.1, -0.05) is 27.7 Å². The number of hydrogen-bond donors (Lipinski definition) is 0. The van der Waals surface area contributed by atoms with Gasteiger partial charge in [0, 0.05) is 26.4 Å². The average molecular weight is 437 g/mol. The fraction of sp³-hybridized carbons (Fsp3) is 1.00. The van der Waals surface area contributed by atoms with Gasteiger partial charge >= 0.3 is 0 Å². The number of hydrogen-bond acceptors (Lipinski definition) is 6. The summed E-state index contributed by atoms with van der Waals surface area (Å²) in [5.74, 6) is 0. The summed E-state index contributed by atoms with van der Waals surface area (Å²) in [6, 6.07) is 0. The van der Waals surface area contributed by atoms with Gasteiger partial charge in [0.2, 0.25) is 0 Å². The van der Waals surface area contributed by atoms with Crippen molar-refractivity contribution in [2.45, 2.75) is 105 Å². The van der Waals surface area contributed by atoms with E-state index in [2.05, 4.69) is 27.7 Å². The number of ether oxygens (including phenoxy) is 6. The first-order valence-corrected chi connectivity index (χ1v) is 12.0. The molecule has 0 bridgehead atoms. The van der Waals surface area contributed by atoms with Gasteiger partial charge in [0.1, 0.15) is 0 Å². The Bertz CT molecular complexity index is 286. The molecule has 0 saturated carbocycles. The second-order valence-corrected chi connectivity index (χ2v) is 7.80. The Labute approximate surface area is 187 Å². The minimum atomic E-state index is 0.157. The zero-order valence-electron chi connectivity index (χ0n) is 21.2. The van der Waals surface area contributed by atoms with E-state index in [1.165, 1.54) is 0 Å². The summed E-state index contributed by atoms with van der Waals surface area (Å²) in [6.07, 6.45) is 4.90. The lowest BCUT2D eigenvalue weighted by atomic mass is 10.4. The molecule has 0 fully saturated rings. The third-order valence-electron chi connectivity index (χ3n) is 3.85. The normalized spacial score (nSPS) is 15.2.